The summed E-state index contributed by atoms with van der Waals surface area (Å²) in [6.07, 6.45) is 0. The fraction of sp³-hybridized carbons (Fsp3) is 0.200. The molecule has 0 saturated heterocycles. The number of nitrogen functional groups attached to an aromatic ring is 1. The van der Waals surface area contributed by atoms with Gasteiger partial charge in [0.1, 0.15) is 0 Å². The first kappa shape index (κ1) is 14.8. The second-order valence-corrected chi connectivity index (χ2v) is 6.58. The number of nitrogens with two attached hydrogens (primary N) is 1. The average Bonchev–Trinajstić information content (AvgIpc) is 2.47. The quantitative estimate of drug-likeness (QED) is 0.634. The molecule has 1 atom stereocenters. The van der Waals surface area contributed by atoms with Crippen LogP contribution in [0.4, 0.5) is 5.69 Å². The zero-order valence-electron chi connectivity index (χ0n) is 11.5. The van der Waals surface area contributed by atoms with E-state index in [2.05, 4.69) is 5.09 Å². The number of hydrogen-bond acceptors (Lipinski definition) is 3. The molecule has 106 valence electrons. The van der Waals surface area contributed by atoms with Gasteiger partial charge in [-0.2, -0.15) is 0 Å². The number of hydrogen-bond donors (Lipinski definition) is 2. The summed E-state index contributed by atoms with van der Waals surface area (Å²) in [4.78, 5) is 0. The first-order valence-corrected chi connectivity index (χ1v) is 8.16. The highest BCUT2D eigenvalue weighted by Crippen LogP contribution is 2.41. The number of anilines is 1. The lowest BCUT2D eigenvalue weighted by atomic mass is 10.2. The molecule has 4 nitrogen and oxygen atoms in total. The van der Waals surface area contributed by atoms with Crippen LogP contribution in [0.15, 0.2) is 54.6 Å². The SMILES string of the molecule is CCO[P@@](=O)(NCc1ccccc1)c1ccc(N)cc1. The fourth-order valence-electron chi connectivity index (χ4n) is 1.86. The Morgan fingerprint density at radius 3 is 2.35 bits per heavy atom. The largest absolute Gasteiger partial charge is 0.399 e. The molecule has 0 unspecified atom stereocenters. The van der Waals surface area contributed by atoms with Crippen LogP contribution in [0.25, 0.3) is 0 Å². The standard InChI is InChI=1S/C15H19N2O2P/c1-2-19-20(18,15-10-8-14(16)9-11-15)17-12-13-6-4-3-5-7-13/h3-11H,2,12,16H2,1H3,(H,17,18)/t20-/m1/s1. The van der Waals surface area contributed by atoms with Crippen molar-refractivity contribution in [2.45, 2.75) is 13.5 Å². The van der Waals surface area contributed by atoms with Gasteiger partial charge >= 0.3 is 0 Å². The first-order chi connectivity index (χ1) is 9.64. The van der Waals surface area contributed by atoms with Gasteiger partial charge in [-0.25, -0.2) is 5.09 Å². The lowest BCUT2D eigenvalue weighted by molar-refractivity contribution is 0.332. The van der Waals surface area contributed by atoms with Crippen molar-refractivity contribution < 1.29 is 9.09 Å². The Hall–Kier alpha value is -1.61. The summed E-state index contributed by atoms with van der Waals surface area (Å²) in [6, 6.07) is 16.7. The molecule has 0 heterocycles. The molecule has 0 aliphatic carbocycles. The maximum atomic E-state index is 12.9. The monoisotopic (exact) mass is 290 g/mol. The average molecular weight is 290 g/mol. The molecule has 3 N–H and O–H groups in total. The van der Waals surface area contributed by atoms with E-state index in [0.29, 0.717) is 24.1 Å². The highest BCUT2D eigenvalue weighted by Gasteiger charge is 2.24. The van der Waals surface area contributed by atoms with Crippen LogP contribution < -0.4 is 16.1 Å². The molecule has 0 amide bonds. The van der Waals surface area contributed by atoms with E-state index in [0.717, 1.165) is 5.56 Å². The van der Waals surface area contributed by atoms with E-state index in [1.165, 1.54) is 0 Å². The molecular formula is C15H19N2O2P. The smallest absolute Gasteiger partial charge is 0.300 e. The number of nitrogens with one attached hydrogen (secondary N) is 1. The molecule has 0 aliphatic rings. The Morgan fingerprint density at radius 2 is 1.75 bits per heavy atom. The van der Waals surface area contributed by atoms with E-state index in [1.807, 2.05) is 37.3 Å². The van der Waals surface area contributed by atoms with Gasteiger partial charge in [-0.1, -0.05) is 30.3 Å². The lowest BCUT2D eigenvalue weighted by Gasteiger charge is -2.19. The van der Waals surface area contributed by atoms with E-state index in [1.54, 1.807) is 24.3 Å². The van der Waals surface area contributed by atoms with Crippen LogP contribution >= 0.6 is 7.52 Å². The third-order valence-corrected chi connectivity index (χ3v) is 5.05. The minimum atomic E-state index is -3.06. The van der Waals surface area contributed by atoms with Gasteiger partial charge in [0, 0.05) is 12.2 Å². The van der Waals surface area contributed by atoms with Gasteiger partial charge < -0.3 is 10.3 Å². The Labute approximate surface area is 119 Å². The Bertz CT molecular complexity index is 585. The molecule has 2 rings (SSSR count). The van der Waals surface area contributed by atoms with Crippen molar-refractivity contribution in [3.63, 3.8) is 0 Å². The van der Waals surface area contributed by atoms with Gasteiger partial charge in [0.05, 0.1) is 11.9 Å². The minimum Gasteiger partial charge on any atom is -0.399 e. The predicted octanol–water partition coefficient (Wildman–Crippen LogP) is 2.91. The van der Waals surface area contributed by atoms with Crippen LogP contribution in [0, 0.1) is 0 Å². The normalized spacial score (nSPS) is 13.8. The van der Waals surface area contributed by atoms with E-state index >= 15 is 0 Å². The van der Waals surface area contributed by atoms with Crippen molar-refractivity contribution in [3.05, 3.63) is 60.2 Å². The summed E-state index contributed by atoms with van der Waals surface area (Å²) < 4.78 is 18.4. The third-order valence-electron chi connectivity index (χ3n) is 2.88. The van der Waals surface area contributed by atoms with E-state index < -0.39 is 7.52 Å². The zero-order valence-corrected chi connectivity index (χ0v) is 12.3. The van der Waals surface area contributed by atoms with Crippen LogP contribution in [0.5, 0.6) is 0 Å². The summed E-state index contributed by atoms with van der Waals surface area (Å²) in [5.74, 6) is 0. The van der Waals surface area contributed by atoms with Crippen LogP contribution in [0.1, 0.15) is 12.5 Å². The molecule has 20 heavy (non-hydrogen) atoms. The van der Waals surface area contributed by atoms with Crippen LogP contribution in [0.2, 0.25) is 0 Å². The number of rotatable bonds is 6. The third kappa shape index (κ3) is 3.70. The maximum absolute atomic E-state index is 12.9. The van der Waals surface area contributed by atoms with E-state index in [4.69, 9.17) is 10.3 Å². The van der Waals surface area contributed by atoms with Crippen LogP contribution in [-0.2, 0) is 15.6 Å². The molecule has 5 heteroatoms. The van der Waals surface area contributed by atoms with Gasteiger partial charge in [-0.05, 0) is 36.8 Å². The molecule has 2 aromatic carbocycles. The maximum Gasteiger partial charge on any atom is 0.300 e. The minimum absolute atomic E-state index is 0.378. The Morgan fingerprint density at radius 1 is 1.10 bits per heavy atom. The van der Waals surface area contributed by atoms with Crippen LogP contribution in [-0.4, -0.2) is 6.61 Å². The van der Waals surface area contributed by atoms with Crippen LogP contribution in [0.3, 0.4) is 0 Å². The molecule has 0 radical (unpaired) electrons. The van der Waals surface area contributed by atoms with E-state index in [-0.39, 0.29) is 0 Å². The van der Waals surface area contributed by atoms with Gasteiger partial charge in [0.25, 0.3) is 7.52 Å². The van der Waals surface area contributed by atoms with Crippen molar-refractivity contribution in [3.8, 4) is 0 Å². The zero-order chi connectivity index (χ0) is 14.4. The summed E-state index contributed by atoms with van der Waals surface area (Å²) in [5, 5.41) is 3.67. The molecule has 0 fully saturated rings. The molecule has 0 spiro atoms. The fourth-order valence-corrected chi connectivity index (χ4v) is 3.57. The van der Waals surface area contributed by atoms with Gasteiger partial charge in [-0.15, -0.1) is 0 Å². The lowest BCUT2D eigenvalue weighted by Crippen LogP contribution is -2.21. The second-order valence-electron chi connectivity index (χ2n) is 4.38. The van der Waals surface area contributed by atoms with Crippen molar-refractivity contribution >= 4 is 18.5 Å². The Kier molecular flexibility index (Phi) is 4.96. The molecule has 2 aromatic rings. The molecule has 0 aromatic heterocycles. The second kappa shape index (κ2) is 6.71. The summed E-state index contributed by atoms with van der Waals surface area (Å²) >= 11 is 0. The van der Waals surface area contributed by atoms with Crippen molar-refractivity contribution in [1.29, 1.82) is 0 Å². The van der Waals surface area contributed by atoms with Crippen molar-refractivity contribution in [1.82, 2.24) is 5.09 Å². The Balaban J connectivity index is 2.17. The molecule has 0 bridgehead atoms. The molecule has 0 aliphatic heterocycles. The van der Waals surface area contributed by atoms with Crippen molar-refractivity contribution in [2.24, 2.45) is 0 Å². The molecular weight excluding hydrogens is 271 g/mol. The van der Waals surface area contributed by atoms with E-state index in [9.17, 15) is 4.57 Å². The molecule has 0 saturated carbocycles. The summed E-state index contributed by atoms with van der Waals surface area (Å²) in [7, 11) is -3.06. The van der Waals surface area contributed by atoms with Gasteiger partial charge in [-0.3, -0.25) is 4.57 Å². The topological polar surface area (TPSA) is 64.3 Å². The summed E-state index contributed by atoms with van der Waals surface area (Å²) in [6.45, 7) is 2.69. The summed E-state index contributed by atoms with van der Waals surface area (Å²) in [5.41, 5.74) is 7.35. The first-order valence-electron chi connectivity index (χ1n) is 6.54. The highest BCUT2D eigenvalue weighted by molar-refractivity contribution is 7.65. The van der Waals surface area contributed by atoms with Crippen molar-refractivity contribution in [2.75, 3.05) is 12.3 Å². The van der Waals surface area contributed by atoms with Gasteiger partial charge in [0.15, 0.2) is 0 Å². The van der Waals surface area contributed by atoms with Gasteiger partial charge in [0.2, 0.25) is 0 Å². The predicted molar refractivity (Wildman–Crippen MR) is 83.0 cm³/mol. The highest BCUT2D eigenvalue weighted by atomic mass is 31.2. The number of benzene rings is 2.